The van der Waals surface area contributed by atoms with Crippen LogP contribution in [-0.2, 0) is 6.42 Å². The van der Waals surface area contributed by atoms with Crippen LogP contribution in [0.1, 0.15) is 11.1 Å². The van der Waals surface area contributed by atoms with Gasteiger partial charge in [-0.15, -0.1) is 0 Å². The van der Waals surface area contributed by atoms with Crippen molar-refractivity contribution >= 4 is 10.8 Å². The van der Waals surface area contributed by atoms with Crippen molar-refractivity contribution in [2.24, 2.45) is 5.73 Å². The topological polar surface area (TPSA) is 26.0 Å². The monoisotopic (exact) mass is 185 g/mol. The van der Waals surface area contributed by atoms with Crippen LogP contribution in [-0.4, -0.2) is 6.54 Å². The lowest BCUT2D eigenvalue weighted by atomic mass is 9.98. The van der Waals surface area contributed by atoms with E-state index < -0.39 is 0 Å². The van der Waals surface area contributed by atoms with Gasteiger partial charge in [-0.05, 0) is 41.8 Å². The van der Waals surface area contributed by atoms with Crippen LogP contribution in [0.4, 0.5) is 0 Å². The van der Waals surface area contributed by atoms with Crippen LogP contribution in [0.3, 0.4) is 0 Å². The molecule has 0 radical (unpaired) electrons. The van der Waals surface area contributed by atoms with E-state index in [1.807, 2.05) is 0 Å². The zero-order chi connectivity index (χ0) is 9.97. The molecule has 0 atom stereocenters. The van der Waals surface area contributed by atoms with E-state index in [9.17, 15) is 0 Å². The molecule has 0 aromatic heterocycles. The van der Waals surface area contributed by atoms with Crippen molar-refractivity contribution in [1.82, 2.24) is 0 Å². The maximum absolute atomic E-state index is 5.57. The largest absolute Gasteiger partial charge is 0.330 e. The molecule has 0 amide bonds. The van der Waals surface area contributed by atoms with Crippen LogP contribution in [0.5, 0.6) is 0 Å². The van der Waals surface area contributed by atoms with Gasteiger partial charge in [0.15, 0.2) is 0 Å². The van der Waals surface area contributed by atoms with Gasteiger partial charge in [-0.3, -0.25) is 0 Å². The molecule has 2 aromatic rings. The van der Waals surface area contributed by atoms with Crippen LogP contribution in [0, 0.1) is 6.92 Å². The molecular weight excluding hydrogens is 170 g/mol. The number of benzene rings is 2. The van der Waals surface area contributed by atoms with Crippen LogP contribution in [0.25, 0.3) is 10.8 Å². The molecule has 1 nitrogen and oxygen atoms in total. The lowest BCUT2D eigenvalue weighted by Gasteiger charge is -2.07. The number of nitrogens with two attached hydrogens (primary N) is 1. The van der Waals surface area contributed by atoms with E-state index in [4.69, 9.17) is 5.73 Å². The number of aryl methyl sites for hydroxylation is 1. The van der Waals surface area contributed by atoms with Crippen molar-refractivity contribution in [3.63, 3.8) is 0 Å². The Morgan fingerprint density at radius 3 is 2.64 bits per heavy atom. The van der Waals surface area contributed by atoms with Crippen molar-refractivity contribution in [3.05, 3.63) is 47.5 Å². The Kier molecular flexibility index (Phi) is 2.51. The summed E-state index contributed by atoms with van der Waals surface area (Å²) in [5.41, 5.74) is 8.31. The van der Waals surface area contributed by atoms with Gasteiger partial charge >= 0.3 is 0 Å². The molecule has 2 rings (SSSR count). The standard InChI is InChI=1S/C13H15N/c1-10-11(8-9-14)6-7-12-4-2-3-5-13(10)12/h2-7H,8-9,14H2,1H3. The molecule has 14 heavy (non-hydrogen) atoms. The number of rotatable bonds is 2. The molecule has 72 valence electrons. The summed E-state index contributed by atoms with van der Waals surface area (Å²) < 4.78 is 0. The second kappa shape index (κ2) is 3.81. The molecule has 0 aliphatic heterocycles. The zero-order valence-corrected chi connectivity index (χ0v) is 8.46. The fourth-order valence-corrected chi connectivity index (χ4v) is 1.90. The highest BCUT2D eigenvalue weighted by Crippen LogP contribution is 2.21. The molecule has 1 heteroatoms. The highest BCUT2D eigenvalue weighted by molar-refractivity contribution is 5.86. The van der Waals surface area contributed by atoms with E-state index in [1.165, 1.54) is 21.9 Å². The first-order valence-electron chi connectivity index (χ1n) is 5.00. The van der Waals surface area contributed by atoms with Crippen LogP contribution >= 0.6 is 0 Å². The SMILES string of the molecule is Cc1c(CCN)ccc2ccccc12. The van der Waals surface area contributed by atoms with Gasteiger partial charge in [0.2, 0.25) is 0 Å². The van der Waals surface area contributed by atoms with Gasteiger partial charge in [0.05, 0.1) is 0 Å². The molecule has 0 saturated carbocycles. The molecule has 0 unspecified atom stereocenters. The molecule has 0 fully saturated rings. The Labute approximate surface area is 84.5 Å². The van der Waals surface area contributed by atoms with Gasteiger partial charge in [-0.1, -0.05) is 36.4 Å². The first kappa shape index (κ1) is 9.22. The second-order valence-corrected chi connectivity index (χ2v) is 3.61. The third-order valence-corrected chi connectivity index (χ3v) is 2.72. The number of fused-ring (bicyclic) bond motifs is 1. The van der Waals surface area contributed by atoms with Crippen molar-refractivity contribution < 1.29 is 0 Å². The van der Waals surface area contributed by atoms with E-state index >= 15 is 0 Å². The summed E-state index contributed by atoms with van der Waals surface area (Å²) >= 11 is 0. The zero-order valence-electron chi connectivity index (χ0n) is 8.46. The van der Waals surface area contributed by atoms with E-state index in [1.54, 1.807) is 0 Å². The van der Waals surface area contributed by atoms with Crippen LogP contribution < -0.4 is 5.73 Å². The molecule has 0 bridgehead atoms. The highest BCUT2D eigenvalue weighted by atomic mass is 14.5. The maximum atomic E-state index is 5.57. The fraction of sp³-hybridized carbons (Fsp3) is 0.231. The third-order valence-electron chi connectivity index (χ3n) is 2.72. The van der Waals surface area contributed by atoms with E-state index in [-0.39, 0.29) is 0 Å². The Morgan fingerprint density at radius 1 is 1.07 bits per heavy atom. The number of hydrogen-bond acceptors (Lipinski definition) is 1. The molecule has 0 aliphatic rings. The van der Waals surface area contributed by atoms with Crippen molar-refractivity contribution in [3.8, 4) is 0 Å². The Morgan fingerprint density at radius 2 is 1.86 bits per heavy atom. The summed E-state index contributed by atoms with van der Waals surface area (Å²) in [4.78, 5) is 0. The lowest BCUT2D eigenvalue weighted by molar-refractivity contribution is 0.961. The molecule has 0 aliphatic carbocycles. The Balaban J connectivity index is 2.63. The summed E-state index contributed by atoms with van der Waals surface area (Å²) in [6.45, 7) is 2.90. The van der Waals surface area contributed by atoms with Gasteiger partial charge in [0.25, 0.3) is 0 Å². The van der Waals surface area contributed by atoms with E-state index in [2.05, 4.69) is 43.3 Å². The van der Waals surface area contributed by atoms with Gasteiger partial charge in [-0.2, -0.15) is 0 Å². The summed E-state index contributed by atoms with van der Waals surface area (Å²) in [5, 5.41) is 2.66. The minimum atomic E-state index is 0.721. The minimum Gasteiger partial charge on any atom is -0.330 e. The molecule has 0 saturated heterocycles. The summed E-state index contributed by atoms with van der Waals surface area (Å²) in [6.07, 6.45) is 0.969. The molecule has 0 spiro atoms. The summed E-state index contributed by atoms with van der Waals surface area (Å²) in [7, 11) is 0. The molecule has 2 N–H and O–H groups in total. The smallest absolute Gasteiger partial charge is 0.00366 e. The molecule has 2 aromatic carbocycles. The highest BCUT2D eigenvalue weighted by Gasteiger charge is 2.01. The average molecular weight is 185 g/mol. The van der Waals surface area contributed by atoms with Crippen molar-refractivity contribution in [2.45, 2.75) is 13.3 Å². The molecular formula is C13H15N. The Hall–Kier alpha value is -1.34. The second-order valence-electron chi connectivity index (χ2n) is 3.61. The molecule has 0 heterocycles. The van der Waals surface area contributed by atoms with Gasteiger partial charge in [0.1, 0.15) is 0 Å². The maximum Gasteiger partial charge on any atom is -0.00366 e. The first-order valence-corrected chi connectivity index (χ1v) is 5.00. The van der Waals surface area contributed by atoms with Crippen LogP contribution in [0.15, 0.2) is 36.4 Å². The predicted octanol–water partition coefficient (Wildman–Crippen LogP) is 2.65. The van der Waals surface area contributed by atoms with E-state index in [0.29, 0.717) is 0 Å². The normalized spacial score (nSPS) is 10.7. The van der Waals surface area contributed by atoms with E-state index in [0.717, 1.165) is 13.0 Å². The van der Waals surface area contributed by atoms with Gasteiger partial charge in [-0.25, -0.2) is 0 Å². The number of hydrogen-bond donors (Lipinski definition) is 1. The summed E-state index contributed by atoms with van der Waals surface area (Å²) in [6, 6.07) is 12.8. The van der Waals surface area contributed by atoms with Gasteiger partial charge < -0.3 is 5.73 Å². The fourth-order valence-electron chi connectivity index (χ4n) is 1.90. The minimum absolute atomic E-state index is 0.721. The van der Waals surface area contributed by atoms with Crippen molar-refractivity contribution in [2.75, 3.05) is 6.54 Å². The van der Waals surface area contributed by atoms with Crippen molar-refractivity contribution in [1.29, 1.82) is 0 Å². The Bertz CT molecular complexity index is 446. The van der Waals surface area contributed by atoms with Gasteiger partial charge in [0, 0.05) is 0 Å². The predicted molar refractivity (Wildman–Crippen MR) is 61.4 cm³/mol. The first-order chi connectivity index (χ1) is 6.83. The van der Waals surface area contributed by atoms with Crippen LogP contribution in [0.2, 0.25) is 0 Å². The lowest BCUT2D eigenvalue weighted by Crippen LogP contribution is -2.04. The summed E-state index contributed by atoms with van der Waals surface area (Å²) in [5.74, 6) is 0. The average Bonchev–Trinajstić information content (AvgIpc) is 2.23. The third kappa shape index (κ3) is 1.51. The quantitative estimate of drug-likeness (QED) is 0.764.